The zero-order valence-electron chi connectivity index (χ0n) is 18.4. The van der Waals surface area contributed by atoms with Crippen LogP contribution in [0.3, 0.4) is 0 Å². The largest absolute Gasteiger partial charge is 0.391 e. The highest BCUT2D eigenvalue weighted by Crippen LogP contribution is 2.54. The SMILES string of the molecule is CNc1cc(-c2cn([C@H]3CC3(F)F)c3ncccc23)nc2c(C(=O)N[C@@H]3CCC[C@@H]3O)cnn12. The molecule has 9 nitrogen and oxygen atoms in total. The van der Waals surface area contributed by atoms with Gasteiger partial charge in [0, 0.05) is 42.9 Å². The van der Waals surface area contributed by atoms with Gasteiger partial charge in [0.25, 0.3) is 11.8 Å². The molecule has 4 aromatic rings. The number of fused-ring (bicyclic) bond motifs is 2. The zero-order chi connectivity index (χ0) is 23.6. The highest BCUT2D eigenvalue weighted by Gasteiger charge is 2.58. The van der Waals surface area contributed by atoms with E-state index in [1.165, 1.54) is 15.3 Å². The summed E-state index contributed by atoms with van der Waals surface area (Å²) in [6, 6.07) is 4.10. The van der Waals surface area contributed by atoms with Crippen molar-refractivity contribution in [2.45, 2.75) is 49.8 Å². The first-order valence-corrected chi connectivity index (χ1v) is 11.3. The van der Waals surface area contributed by atoms with Crippen molar-refractivity contribution < 1.29 is 18.7 Å². The number of nitrogens with one attached hydrogen (secondary N) is 2. The topological polar surface area (TPSA) is 109 Å². The van der Waals surface area contributed by atoms with Crippen molar-refractivity contribution in [2.75, 3.05) is 12.4 Å². The molecule has 2 fully saturated rings. The summed E-state index contributed by atoms with van der Waals surface area (Å²) in [5, 5.41) is 21.1. The molecule has 11 heteroatoms. The van der Waals surface area contributed by atoms with Crippen LogP contribution in [0, 0.1) is 0 Å². The van der Waals surface area contributed by atoms with E-state index in [2.05, 4.69) is 20.7 Å². The first-order chi connectivity index (χ1) is 16.4. The Balaban J connectivity index is 1.47. The number of anilines is 1. The van der Waals surface area contributed by atoms with Gasteiger partial charge in [-0.3, -0.25) is 4.79 Å². The monoisotopic (exact) mass is 467 g/mol. The van der Waals surface area contributed by atoms with E-state index in [-0.39, 0.29) is 23.9 Å². The summed E-state index contributed by atoms with van der Waals surface area (Å²) in [7, 11) is 1.73. The van der Waals surface area contributed by atoms with E-state index in [9.17, 15) is 18.7 Å². The van der Waals surface area contributed by atoms with Crippen LogP contribution in [0.1, 0.15) is 42.1 Å². The zero-order valence-corrected chi connectivity index (χ0v) is 18.4. The summed E-state index contributed by atoms with van der Waals surface area (Å²) in [4.78, 5) is 22.1. The minimum absolute atomic E-state index is 0.221. The molecule has 3 N–H and O–H groups in total. The van der Waals surface area contributed by atoms with Gasteiger partial charge in [0.15, 0.2) is 5.65 Å². The summed E-state index contributed by atoms with van der Waals surface area (Å²) >= 11 is 0. The maximum Gasteiger partial charge on any atom is 0.270 e. The Bertz CT molecular complexity index is 1430. The van der Waals surface area contributed by atoms with Crippen LogP contribution >= 0.6 is 0 Å². The van der Waals surface area contributed by atoms with Crippen LogP contribution in [-0.4, -0.2) is 60.3 Å². The first-order valence-electron chi connectivity index (χ1n) is 11.3. The van der Waals surface area contributed by atoms with Gasteiger partial charge < -0.3 is 20.3 Å². The molecule has 3 atom stereocenters. The molecule has 0 unspecified atom stereocenters. The van der Waals surface area contributed by atoms with E-state index in [0.29, 0.717) is 46.6 Å². The Morgan fingerprint density at radius 2 is 2.12 bits per heavy atom. The van der Waals surface area contributed by atoms with E-state index in [1.54, 1.807) is 31.6 Å². The Hall–Kier alpha value is -3.60. The molecule has 34 heavy (non-hydrogen) atoms. The third-order valence-electron chi connectivity index (χ3n) is 6.76. The van der Waals surface area contributed by atoms with Gasteiger partial charge in [-0.15, -0.1) is 0 Å². The second-order valence-corrected chi connectivity index (χ2v) is 8.95. The van der Waals surface area contributed by atoms with Crippen molar-refractivity contribution in [1.82, 2.24) is 29.5 Å². The highest BCUT2D eigenvalue weighted by molar-refractivity contribution is 6.01. The van der Waals surface area contributed by atoms with Crippen molar-refractivity contribution >= 4 is 28.4 Å². The van der Waals surface area contributed by atoms with Gasteiger partial charge in [0.2, 0.25) is 0 Å². The van der Waals surface area contributed by atoms with Crippen molar-refractivity contribution in [2.24, 2.45) is 0 Å². The van der Waals surface area contributed by atoms with Gasteiger partial charge >= 0.3 is 0 Å². The predicted octanol–water partition coefficient (Wildman–Crippen LogP) is 3.01. The summed E-state index contributed by atoms with van der Waals surface area (Å²) in [5.41, 5.74) is 2.21. The van der Waals surface area contributed by atoms with E-state index in [1.807, 2.05) is 6.07 Å². The molecule has 4 heterocycles. The van der Waals surface area contributed by atoms with Crippen molar-refractivity contribution in [1.29, 1.82) is 0 Å². The molecule has 0 bridgehead atoms. The number of amides is 1. The Labute approximate surface area is 192 Å². The number of halogens is 2. The standard InChI is InChI=1S/C23H23F2N7O2/c1-26-19-8-16(14-11-31(18-9-23(18,24)25)20-12(14)4-3-7-27-20)29-21-13(10-28-32(19)21)22(34)30-15-5-2-6-17(15)33/h3-4,7-8,10-11,15,17-18,26,33H,2,5-6,9H2,1H3,(H,30,34)/t15-,17+,18+/m1/s1. The molecule has 0 spiro atoms. The number of nitrogens with zero attached hydrogens (tertiary/aromatic N) is 5. The molecular weight excluding hydrogens is 444 g/mol. The lowest BCUT2D eigenvalue weighted by Gasteiger charge is -2.15. The lowest BCUT2D eigenvalue weighted by Crippen LogP contribution is -2.39. The van der Waals surface area contributed by atoms with E-state index >= 15 is 0 Å². The fourth-order valence-electron chi connectivity index (χ4n) is 4.82. The average molecular weight is 467 g/mol. The van der Waals surface area contributed by atoms with E-state index in [4.69, 9.17) is 4.98 Å². The molecular formula is C23H23F2N7O2. The predicted molar refractivity (Wildman–Crippen MR) is 121 cm³/mol. The second kappa shape index (κ2) is 7.45. The number of rotatable bonds is 5. The van der Waals surface area contributed by atoms with Crippen molar-refractivity contribution in [3.05, 3.63) is 42.4 Å². The number of alkyl halides is 2. The fraction of sp³-hybridized carbons (Fsp3) is 0.391. The molecule has 176 valence electrons. The molecule has 2 aliphatic carbocycles. The van der Waals surface area contributed by atoms with Gasteiger partial charge in [-0.05, 0) is 31.4 Å². The first kappa shape index (κ1) is 21.0. The van der Waals surface area contributed by atoms with Crippen LogP contribution in [0.4, 0.5) is 14.6 Å². The minimum Gasteiger partial charge on any atom is -0.391 e. The van der Waals surface area contributed by atoms with Gasteiger partial charge in [0.1, 0.15) is 23.1 Å². The molecule has 4 aromatic heterocycles. The van der Waals surface area contributed by atoms with Crippen molar-refractivity contribution in [3.8, 4) is 11.3 Å². The number of aliphatic hydroxyl groups excluding tert-OH is 1. The Kier molecular flexibility index (Phi) is 4.60. The Morgan fingerprint density at radius 1 is 1.29 bits per heavy atom. The van der Waals surface area contributed by atoms with Crippen LogP contribution in [0.2, 0.25) is 0 Å². The molecule has 6 rings (SSSR count). The Morgan fingerprint density at radius 3 is 2.82 bits per heavy atom. The van der Waals surface area contributed by atoms with Crippen LogP contribution in [-0.2, 0) is 0 Å². The smallest absolute Gasteiger partial charge is 0.270 e. The minimum atomic E-state index is -2.75. The fourth-order valence-corrected chi connectivity index (χ4v) is 4.82. The molecule has 2 saturated carbocycles. The van der Waals surface area contributed by atoms with Gasteiger partial charge in [-0.2, -0.15) is 9.61 Å². The molecule has 0 aromatic carbocycles. The lowest BCUT2D eigenvalue weighted by atomic mass is 10.1. The average Bonchev–Trinajstić information content (AvgIpc) is 3.22. The van der Waals surface area contributed by atoms with Crippen LogP contribution in [0.15, 0.2) is 36.8 Å². The number of carbonyl (C=O) groups is 1. The number of aromatic nitrogens is 5. The molecule has 0 radical (unpaired) electrons. The lowest BCUT2D eigenvalue weighted by molar-refractivity contribution is 0.0874. The summed E-state index contributed by atoms with van der Waals surface area (Å²) in [5.74, 6) is -2.54. The van der Waals surface area contributed by atoms with E-state index in [0.717, 1.165) is 6.42 Å². The quantitative estimate of drug-likeness (QED) is 0.416. The maximum absolute atomic E-state index is 13.9. The number of pyridine rings is 1. The van der Waals surface area contributed by atoms with Gasteiger partial charge in [-0.1, -0.05) is 0 Å². The number of carbonyl (C=O) groups excluding carboxylic acids is 1. The highest BCUT2D eigenvalue weighted by atomic mass is 19.3. The van der Waals surface area contributed by atoms with Crippen LogP contribution < -0.4 is 10.6 Å². The summed E-state index contributed by atoms with van der Waals surface area (Å²) in [6.45, 7) is 0. The maximum atomic E-state index is 13.9. The number of aliphatic hydroxyl groups is 1. The third-order valence-corrected chi connectivity index (χ3v) is 6.76. The summed E-state index contributed by atoms with van der Waals surface area (Å²) in [6.07, 6.45) is 6.12. The van der Waals surface area contributed by atoms with Crippen LogP contribution in [0.25, 0.3) is 27.9 Å². The molecule has 0 saturated heterocycles. The molecule has 1 amide bonds. The third kappa shape index (κ3) is 3.22. The molecule has 0 aliphatic heterocycles. The second-order valence-electron chi connectivity index (χ2n) is 8.95. The van der Waals surface area contributed by atoms with E-state index < -0.39 is 18.1 Å². The normalized spacial score (nSPS) is 23.5. The van der Waals surface area contributed by atoms with Gasteiger partial charge in [0.05, 0.1) is 24.0 Å². The number of hydrogen-bond acceptors (Lipinski definition) is 6. The summed E-state index contributed by atoms with van der Waals surface area (Å²) < 4.78 is 30.8. The van der Waals surface area contributed by atoms with Crippen LogP contribution in [0.5, 0.6) is 0 Å². The van der Waals surface area contributed by atoms with Crippen molar-refractivity contribution in [3.63, 3.8) is 0 Å². The molecule has 2 aliphatic rings. The number of hydrogen-bond donors (Lipinski definition) is 3. The van der Waals surface area contributed by atoms with Gasteiger partial charge in [-0.25, -0.2) is 18.7 Å².